The number of amides is 1. The molecule has 8 atom stereocenters. The number of aliphatic hydroxyl groups excluding tert-OH is 1. The molecule has 0 unspecified atom stereocenters. The summed E-state index contributed by atoms with van der Waals surface area (Å²) in [5.41, 5.74) is -0.855. The normalized spacial score (nSPS) is 38.3. The van der Waals surface area contributed by atoms with Gasteiger partial charge < -0.3 is 24.6 Å². The van der Waals surface area contributed by atoms with E-state index in [9.17, 15) is 39.0 Å². The van der Waals surface area contributed by atoms with E-state index in [0.29, 0.717) is 37.5 Å². The number of ether oxygens (including phenoxy) is 2. The van der Waals surface area contributed by atoms with Crippen molar-refractivity contribution in [3.8, 4) is 0 Å². The van der Waals surface area contributed by atoms with Crippen LogP contribution in [0.2, 0.25) is 0 Å². The number of likely N-dealkylation sites (tertiary alicyclic amines) is 1. The number of nitrogens with zero attached hydrogens (tertiary/aromatic N) is 1. The van der Waals surface area contributed by atoms with Crippen LogP contribution >= 0.6 is 0 Å². The Balaban J connectivity index is 1.25. The van der Waals surface area contributed by atoms with Crippen LogP contribution in [0.25, 0.3) is 0 Å². The van der Waals surface area contributed by atoms with E-state index in [1.807, 2.05) is 13.0 Å². The molecule has 5 aliphatic rings. The maximum absolute atomic E-state index is 13.9. The zero-order valence-electron chi connectivity index (χ0n) is 25.3. The van der Waals surface area contributed by atoms with Gasteiger partial charge in [-0.05, 0) is 74.2 Å². The molecule has 4 fully saturated rings. The molecule has 5 rings (SSSR count). The zero-order chi connectivity index (χ0) is 31.3. The fraction of sp³-hybridized carbons (Fsp3) is 0.750. The summed E-state index contributed by atoms with van der Waals surface area (Å²) in [7, 11) is 0. The second kappa shape index (κ2) is 11.4. The molecule has 4 aliphatic carbocycles. The molecule has 236 valence electrons. The summed E-state index contributed by atoms with van der Waals surface area (Å²) in [5, 5.41) is 19.1. The van der Waals surface area contributed by atoms with E-state index in [2.05, 4.69) is 6.92 Å². The SMILES string of the molecule is CC(=O)O[C@]1(C(=O)COC(=O)CCC(=O)N2C[C@H](O)C[C@@H]2C(=O)O)CC[C@@H]2[C@H]3CCC4=CC(=O)CC[C@]4(C)[C@H]3CC[C@@]21C. The predicted molar refractivity (Wildman–Crippen MR) is 150 cm³/mol. The zero-order valence-corrected chi connectivity index (χ0v) is 25.3. The molecule has 0 spiro atoms. The number of carbonyl (C=O) groups is 6. The predicted octanol–water partition coefficient (Wildman–Crippen LogP) is 2.76. The number of fused-ring (bicyclic) bond motifs is 5. The van der Waals surface area contributed by atoms with Gasteiger partial charge in [-0.3, -0.25) is 24.0 Å². The van der Waals surface area contributed by atoms with Crippen LogP contribution in [0.4, 0.5) is 0 Å². The lowest BCUT2D eigenvalue weighted by Gasteiger charge is -2.59. The molecule has 3 saturated carbocycles. The van der Waals surface area contributed by atoms with Gasteiger partial charge >= 0.3 is 17.9 Å². The largest absolute Gasteiger partial charge is 0.480 e. The first-order valence-corrected chi connectivity index (χ1v) is 15.5. The van der Waals surface area contributed by atoms with Crippen LogP contribution in [0.1, 0.15) is 91.4 Å². The van der Waals surface area contributed by atoms with Crippen molar-refractivity contribution < 1.29 is 48.5 Å². The maximum atomic E-state index is 13.9. The summed E-state index contributed by atoms with van der Waals surface area (Å²) in [6.45, 7) is 4.88. The number of β-amino-alcohol motifs (C(OH)–C–C–N with tert-alkyl or cyclic N) is 1. The van der Waals surface area contributed by atoms with Gasteiger partial charge in [0.25, 0.3) is 0 Å². The Hall–Kier alpha value is -3.08. The second-order valence-corrected chi connectivity index (χ2v) is 13.8. The van der Waals surface area contributed by atoms with E-state index < -0.39 is 59.4 Å². The maximum Gasteiger partial charge on any atom is 0.326 e. The highest BCUT2D eigenvalue weighted by atomic mass is 16.6. The lowest BCUT2D eigenvalue weighted by molar-refractivity contribution is -0.191. The third kappa shape index (κ3) is 5.31. The summed E-state index contributed by atoms with van der Waals surface area (Å²) in [5.74, 6) is -2.59. The Labute approximate surface area is 251 Å². The quantitative estimate of drug-likeness (QED) is 0.395. The highest BCUT2D eigenvalue weighted by molar-refractivity contribution is 5.94. The Kier molecular flexibility index (Phi) is 8.35. The van der Waals surface area contributed by atoms with Crippen LogP contribution in [-0.4, -0.2) is 81.4 Å². The molecule has 1 heterocycles. The molecule has 0 aromatic rings. The van der Waals surface area contributed by atoms with Crippen molar-refractivity contribution in [2.24, 2.45) is 28.6 Å². The number of carboxylic acids is 1. The van der Waals surface area contributed by atoms with Crippen LogP contribution < -0.4 is 0 Å². The summed E-state index contributed by atoms with van der Waals surface area (Å²) in [6.07, 6.45) is 5.90. The monoisotopic (exact) mass is 601 g/mol. The number of rotatable bonds is 8. The lowest BCUT2D eigenvalue weighted by Crippen LogP contribution is -2.59. The third-order valence-electron chi connectivity index (χ3n) is 11.6. The number of allylic oxidation sites excluding steroid dienone is 1. The summed E-state index contributed by atoms with van der Waals surface area (Å²) in [4.78, 5) is 76.1. The van der Waals surface area contributed by atoms with Crippen LogP contribution in [-0.2, 0) is 38.2 Å². The van der Waals surface area contributed by atoms with Crippen molar-refractivity contribution in [1.82, 2.24) is 4.90 Å². The van der Waals surface area contributed by atoms with Gasteiger partial charge in [0.2, 0.25) is 11.7 Å². The number of aliphatic carboxylic acids is 1. The molecule has 1 saturated heterocycles. The number of aliphatic hydroxyl groups is 1. The number of carboxylic acid groups (broad SMARTS) is 1. The van der Waals surface area contributed by atoms with E-state index in [1.54, 1.807) is 0 Å². The lowest BCUT2D eigenvalue weighted by atomic mass is 9.46. The van der Waals surface area contributed by atoms with Crippen LogP contribution in [0.15, 0.2) is 11.6 Å². The van der Waals surface area contributed by atoms with Crippen LogP contribution in [0.3, 0.4) is 0 Å². The van der Waals surface area contributed by atoms with E-state index in [0.717, 1.165) is 30.6 Å². The van der Waals surface area contributed by atoms with E-state index in [1.165, 1.54) is 12.5 Å². The van der Waals surface area contributed by atoms with Gasteiger partial charge in [0.05, 0.1) is 12.5 Å². The minimum Gasteiger partial charge on any atom is -0.480 e. The number of Topliss-reactive ketones (excluding diaryl/α,β-unsaturated/α-hetero) is 1. The molecule has 11 heteroatoms. The average molecular weight is 602 g/mol. The van der Waals surface area contributed by atoms with E-state index in [4.69, 9.17) is 9.47 Å². The van der Waals surface area contributed by atoms with Gasteiger partial charge in [-0.15, -0.1) is 0 Å². The molecule has 0 radical (unpaired) electrons. The molecule has 43 heavy (non-hydrogen) atoms. The Bertz CT molecular complexity index is 1260. The van der Waals surface area contributed by atoms with Crippen molar-refractivity contribution in [3.05, 3.63) is 11.6 Å². The molecule has 2 N–H and O–H groups in total. The molecule has 0 bridgehead atoms. The van der Waals surface area contributed by atoms with E-state index >= 15 is 0 Å². The third-order valence-corrected chi connectivity index (χ3v) is 11.6. The molecular formula is C32H43NO10. The van der Waals surface area contributed by atoms with Crippen molar-refractivity contribution in [2.75, 3.05) is 13.2 Å². The van der Waals surface area contributed by atoms with Crippen molar-refractivity contribution in [1.29, 1.82) is 0 Å². The molecule has 11 nitrogen and oxygen atoms in total. The molecule has 1 aliphatic heterocycles. The molecule has 0 aromatic carbocycles. The van der Waals surface area contributed by atoms with Gasteiger partial charge in [-0.25, -0.2) is 4.79 Å². The van der Waals surface area contributed by atoms with Crippen molar-refractivity contribution in [2.45, 2.75) is 109 Å². The van der Waals surface area contributed by atoms with Crippen molar-refractivity contribution in [3.63, 3.8) is 0 Å². The molecule has 1 amide bonds. The highest BCUT2D eigenvalue weighted by Crippen LogP contribution is 2.68. The minimum absolute atomic E-state index is 0.0422. The Morgan fingerprint density at radius 2 is 1.72 bits per heavy atom. The number of carbonyl (C=O) groups excluding carboxylic acids is 5. The van der Waals surface area contributed by atoms with Gasteiger partial charge in [0.15, 0.2) is 18.0 Å². The first-order valence-electron chi connectivity index (χ1n) is 15.5. The number of hydrogen-bond donors (Lipinski definition) is 2. The number of esters is 2. The topological polar surface area (TPSA) is 165 Å². The number of hydrogen-bond acceptors (Lipinski definition) is 9. The summed E-state index contributed by atoms with van der Waals surface area (Å²) in [6, 6.07) is -1.15. The summed E-state index contributed by atoms with van der Waals surface area (Å²) < 4.78 is 11.2. The van der Waals surface area contributed by atoms with Gasteiger partial charge in [0, 0.05) is 38.1 Å². The fourth-order valence-corrected chi connectivity index (χ4v) is 9.50. The van der Waals surface area contributed by atoms with Crippen molar-refractivity contribution >= 4 is 35.4 Å². The Morgan fingerprint density at radius 3 is 2.42 bits per heavy atom. The smallest absolute Gasteiger partial charge is 0.326 e. The van der Waals surface area contributed by atoms with E-state index in [-0.39, 0.29) is 42.9 Å². The standard InChI is InChI=1S/C32H43NO10/c1-18(34)43-32(26(37)17-42-28(39)7-6-27(38)33-16-21(36)15-25(33)29(40)41)13-10-24-22-5-4-19-14-20(35)8-11-30(19,2)23(22)9-12-31(24,32)3/h14,21-25,36H,4-13,15-17H2,1-3H3,(H,40,41)/t21-,22+,23+,24-,25-,30+,31+,32+/m1/s1. The number of ketones is 2. The van der Waals surface area contributed by atoms with Gasteiger partial charge in [-0.1, -0.05) is 19.4 Å². The van der Waals surface area contributed by atoms with Gasteiger partial charge in [0.1, 0.15) is 6.04 Å². The molecule has 0 aromatic heterocycles. The highest BCUT2D eigenvalue weighted by Gasteiger charge is 2.68. The minimum atomic E-state index is -1.43. The average Bonchev–Trinajstić information content (AvgIpc) is 3.48. The van der Waals surface area contributed by atoms with Crippen LogP contribution in [0, 0.1) is 28.6 Å². The Morgan fingerprint density at radius 1 is 1.00 bits per heavy atom. The second-order valence-electron chi connectivity index (χ2n) is 13.8. The van der Waals surface area contributed by atoms with Crippen LogP contribution in [0.5, 0.6) is 0 Å². The fourth-order valence-electron chi connectivity index (χ4n) is 9.50. The summed E-state index contributed by atoms with van der Waals surface area (Å²) >= 11 is 0. The first kappa shape index (κ1) is 31.3. The first-order chi connectivity index (χ1) is 20.2. The van der Waals surface area contributed by atoms with Gasteiger partial charge in [-0.2, -0.15) is 0 Å². The molecular weight excluding hydrogens is 558 g/mol.